The van der Waals surface area contributed by atoms with Gasteiger partial charge in [0.05, 0.1) is 0 Å². The summed E-state index contributed by atoms with van der Waals surface area (Å²) in [6.45, 7) is 3.58. The van der Waals surface area contributed by atoms with Gasteiger partial charge in [0.2, 0.25) is 5.91 Å². The van der Waals surface area contributed by atoms with Crippen molar-refractivity contribution in [3.05, 3.63) is 34.9 Å². The van der Waals surface area contributed by atoms with Gasteiger partial charge in [-0.15, -0.1) is 0 Å². The maximum atomic E-state index is 12.4. The molecule has 136 valence electrons. The number of carboxylic acid groups (broad SMARTS) is 1. The van der Waals surface area contributed by atoms with Crippen LogP contribution in [0, 0.1) is 0 Å². The Morgan fingerprint density at radius 1 is 1.04 bits per heavy atom. The van der Waals surface area contributed by atoms with Gasteiger partial charge in [0.1, 0.15) is 0 Å². The van der Waals surface area contributed by atoms with E-state index in [9.17, 15) is 14.4 Å². The van der Waals surface area contributed by atoms with Crippen molar-refractivity contribution in [2.45, 2.75) is 70.8 Å². The van der Waals surface area contributed by atoms with Gasteiger partial charge in [0, 0.05) is 30.4 Å². The van der Waals surface area contributed by atoms with Crippen LogP contribution in [0.15, 0.2) is 18.2 Å². The van der Waals surface area contributed by atoms with Crippen molar-refractivity contribution in [3.63, 3.8) is 0 Å². The molecule has 0 spiro atoms. The molecular formula is C20H27NO4. The maximum absolute atomic E-state index is 12.4. The highest BCUT2D eigenvalue weighted by Crippen LogP contribution is 2.23. The lowest BCUT2D eigenvalue weighted by molar-refractivity contribution is -0.137. The average molecular weight is 345 g/mol. The van der Waals surface area contributed by atoms with E-state index in [2.05, 4.69) is 5.32 Å². The van der Waals surface area contributed by atoms with Crippen molar-refractivity contribution in [2.75, 3.05) is 0 Å². The van der Waals surface area contributed by atoms with Crippen molar-refractivity contribution in [1.82, 2.24) is 5.32 Å². The number of Topliss-reactive ketones (excluding diaryl/α,β-unsaturated/α-hetero) is 1. The molecule has 1 aliphatic carbocycles. The molecule has 2 N–H and O–H groups in total. The largest absolute Gasteiger partial charge is 0.481 e. The molecule has 1 aromatic carbocycles. The topological polar surface area (TPSA) is 83.5 Å². The lowest BCUT2D eigenvalue weighted by Crippen LogP contribution is -2.43. The zero-order valence-electron chi connectivity index (χ0n) is 15.1. The third-order valence-electron chi connectivity index (χ3n) is 4.69. The number of hydrogen-bond acceptors (Lipinski definition) is 3. The van der Waals surface area contributed by atoms with Crippen LogP contribution in [0.25, 0.3) is 0 Å². The molecule has 5 heteroatoms. The van der Waals surface area contributed by atoms with Crippen LogP contribution in [0.2, 0.25) is 0 Å². The molecule has 0 unspecified atom stereocenters. The molecule has 0 aromatic heterocycles. The minimum absolute atomic E-state index is 0.00133. The third kappa shape index (κ3) is 6.00. The second kappa shape index (κ2) is 8.28. The van der Waals surface area contributed by atoms with Gasteiger partial charge in [-0.3, -0.25) is 14.4 Å². The molecule has 1 aromatic rings. The second-order valence-corrected chi connectivity index (χ2v) is 7.44. The molecule has 25 heavy (non-hydrogen) atoms. The Bertz CT molecular complexity index is 664. The number of amides is 1. The average Bonchev–Trinajstić information content (AvgIpc) is 2.57. The molecule has 0 bridgehead atoms. The van der Waals surface area contributed by atoms with E-state index in [0.29, 0.717) is 12.0 Å². The Balaban J connectivity index is 1.85. The van der Waals surface area contributed by atoms with Crippen LogP contribution in [0.1, 0.15) is 73.9 Å². The molecule has 0 heterocycles. The molecule has 0 aliphatic heterocycles. The highest BCUT2D eigenvalue weighted by Gasteiger charge is 2.22. The molecule has 0 saturated carbocycles. The number of aryl methyl sites for hydroxylation is 2. The first kappa shape index (κ1) is 19.2. The summed E-state index contributed by atoms with van der Waals surface area (Å²) in [4.78, 5) is 35.1. The van der Waals surface area contributed by atoms with Crippen LogP contribution < -0.4 is 5.32 Å². The number of benzene rings is 1. The summed E-state index contributed by atoms with van der Waals surface area (Å²) in [5, 5.41) is 11.6. The predicted molar refractivity (Wildman–Crippen MR) is 95.7 cm³/mol. The Labute approximate surface area is 148 Å². The van der Waals surface area contributed by atoms with Gasteiger partial charge in [0.15, 0.2) is 5.78 Å². The molecule has 0 fully saturated rings. The highest BCUT2D eigenvalue weighted by atomic mass is 16.4. The van der Waals surface area contributed by atoms with Gasteiger partial charge < -0.3 is 10.4 Å². The molecule has 0 atom stereocenters. The number of rotatable bonds is 8. The van der Waals surface area contributed by atoms with Gasteiger partial charge in [0.25, 0.3) is 0 Å². The number of nitrogens with one attached hydrogen (secondary N) is 1. The standard InChI is InChI=1S/C20H27NO4/c1-20(2,12-11-19(24)25)21-18(23)10-9-17(22)16-8-7-14-5-3-4-6-15(14)13-16/h7-8,13H,3-6,9-12H2,1-2H3,(H,21,23)(H,24,25). The summed E-state index contributed by atoms with van der Waals surface area (Å²) in [6, 6.07) is 5.88. The lowest BCUT2D eigenvalue weighted by atomic mass is 9.89. The number of aliphatic carboxylic acids is 1. The van der Waals surface area contributed by atoms with Crippen LogP contribution in [0.3, 0.4) is 0 Å². The molecular weight excluding hydrogens is 318 g/mol. The minimum Gasteiger partial charge on any atom is -0.481 e. The quantitative estimate of drug-likeness (QED) is 0.708. The van der Waals surface area contributed by atoms with Crippen molar-refractivity contribution < 1.29 is 19.5 Å². The van der Waals surface area contributed by atoms with Crippen molar-refractivity contribution in [1.29, 1.82) is 0 Å². The van der Waals surface area contributed by atoms with Gasteiger partial charge in [-0.25, -0.2) is 0 Å². The Kier molecular flexibility index (Phi) is 6.34. The number of carboxylic acids is 1. The molecule has 1 amide bonds. The number of carbonyl (C=O) groups is 3. The maximum Gasteiger partial charge on any atom is 0.303 e. The summed E-state index contributed by atoms with van der Waals surface area (Å²) < 4.78 is 0. The number of hydrogen-bond donors (Lipinski definition) is 2. The van der Waals surface area contributed by atoms with Crippen LogP contribution >= 0.6 is 0 Å². The normalized spacial score (nSPS) is 13.8. The second-order valence-electron chi connectivity index (χ2n) is 7.44. The first-order chi connectivity index (χ1) is 11.8. The van der Waals surface area contributed by atoms with Crippen LogP contribution in [-0.2, 0) is 22.4 Å². The monoisotopic (exact) mass is 345 g/mol. The molecule has 5 nitrogen and oxygen atoms in total. The fourth-order valence-electron chi connectivity index (χ4n) is 3.20. The van der Waals surface area contributed by atoms with Crippen molar-refractivity contribution in [2.24, 2.45) is 0 Å². The third-order valence-corrected chi connectivity index (χ3v) is 4.69. The molecule has 0 radical (unpaired) electrons. The number of carbonyl (C=O) groups excluding carboxylic acids is 2. The van der Waals surface area contributed by atoms with Gasteiger partial charge in [-0.2, -0.15) is 0 Å². The van der Waals surface area contributed by atoms with Crippen LogP contribution in [-0.4, -0.2) is 28.3 Å². The van der Waals surface area contributed by atoms with Crippen molar-refractivity contribution in [3.8, 4) is 0 Å². The first-order valence-electron chi connectivity index (χ1n) is 8.95. The summed E-state index contributed by atoms with van der Waals surface area (Å²) >= 11 is 0. The smallest absolute Gasteiger partial charge is 0.303 e. The van der Waals surface area contributed by atoms with Gasteiger partial charge in [-0.05, 0) is 63.1 Å². The summed E-state index contributed by atoms with van der Waals surface area (Å²) in [5.41, 5.74) is 2.68. The Hall–Kier alpha value is -2.17. The Morgan fingerprint density at radius 3 is 2.40 bits per heavy atom. The summed E-state index contributed by atoms with van der Waals surface area (Å²) in [5.74, 6) is -1.13. The van der Waals surface area contributed by atoms with E-state index in [1.807, 2.05) is 18.2 Å². The number of fused-ring (bicyclic) bond motifs is 1. The predicted octanol–water partition coefficient (Wildman–Crippen LogP) is 3.29. The van der Waals surface area contributed by atoms with Gasteiger partial charge in [-0.1, -0.05) is 12.1 Å². The lowest BCUT2D eigenvalue weighted by Gasteiger charge is -2.25. The SMILES string of the molecule is CC(C)(CCC(=O)O)NC(=O)CCC(=O)c1ccc2c(c1)CCCC2. The molecule has 1 aliphatic rings. The molecule has 0 saturated heterocycles. The zero-order valence-corrected chi connectivity index (χ0v) is 15.1. The summed E-state index contributed by atoms with van der Waals surface area (Å²) in [6.07, 6.45) is 5.11. The first-order valence-corrected chi connectivity index (χ1v) is 8.95. The van der Waals surface area contributed by atoms with E-state index in [0.717, 1.165) is 12.8 Å². The fraction of sp³-hybridized carbons (Fsp3) is 0.550. The van der Waals surface area contributed by atoms with E-state index < -0.39 is 11.5 Å². The van der Waals surface area contributed by atoms with Crippen molar-refractivity contribution >= 4 is 17.7 Å². The van der Waals surface area contributed by atoms with E-state index >= 15 is 0 Å². The van der Waals surface area contributed by atoms with Crippen LogP contribution in [0.4, 0.5) is 0 Å². The van der Waals surface area contributed by atoms with Gasteiger partial charge >= 0.3 is 5.97 Å². The Morgan fingerprint density at radius 2 is 1.72 bits per heavy atom. The number of ketones is 1. The highest BCUT2D eigenvalue weighted by molar-refractivity contribution is 5.98. The van der Waals surface area contributed by atoms with Crippen LogP contribution in [0.5, 0.6) is 0 Å². The van der Waals surface area contributed by atoms with E-state index in [1.165, 1.54) is 24.0 Å². The van der Waals surface area contributed by atoms with E-state index in [4.69, 9.17) is 5.11 Å². The summed E-state index contributed by atoms with van der Waals surface area (Å²) in [7, 11) is 0. The van der Waals surface area contributed by atoms with E-state index in [1.54, 1.807) is 13.8 Å². The zero-order chi connectivity index (χ0) is 18.4. The van der Waals surface area contributed by atoms with E-state index in [-0.39, 0.29) is 31.0 Å². The molecule has 2 rings (SSSR count). The minimum atomic E-state index is -0.884. The fourth-order valence-corrected chi connectivity index (χ4v) is 3.20.